The second kappa shape index (κ2) is 11.4. The van der Waals surface area contributed by atoms with Gasteiger partial charge in [0.25, 0.3) is 0 Å². The predicted molar refractivity (Wildman–Crippen MR) is 149 cm³/mol. The van der Waals surface area contributed by atoms with Gasteiger partial charge < -0.3 is 9.64 Å². The van der Waals surface area contributed by atoms with Gasteiger partial charge in [-0.15, -0.1) is 0 Å². The van der Waals surface area contributed by atoms with Gasteiger partial charge in [-0.05, 0) is 71.0 Å². The van der Waals surface area contributed by atoms with E-state index in [9.17, 15) is 9.59 Å². The molecule has 1 fully saturated rings. The zero-order valence-corrected chi connectivity index (χ0v) is 21.2. The number of carbonyl (C=O) groups is 2. The number of esters is 1. The molecule has 0 aromatic heterocycles. The van der Waals surface area contributed by atoms with E-state index >= 15 is 0 Å². The van der Waals surface area contributed by atoms with Crippen molar-refractivity contribution in [1.82, 2.24) is 0 Å². The molecule has 0 spiro atoms. The van der Waals surface area contributed by atoms with Crippen LogP contribution in [0.3, 0.4) is 0 Å². The molecule has 3 aromatic rings. The van der Waals surface area contributed by atoms with Crippen LogP contribution in [0.15, 0.2) is 77.8 Å². The summed E-state index contributed by atoms with van der Waals surface area (Å²) in [5, 5.41) is 0. The number of hydrogen-bond donors (Lipinski definition) is 0. The van der Waals surface area contributed by atoms with Crippen molar-refractivity contribution in [2.24, 2.45) is 10.9 Å². The highest BCUT2D eigenvalue weighted by Crippen LogP contribution is 2.32. The molecule has 1 saturated carbocycles. The molecule has 0 N–H and O–H groups in total. The number of hydrogen-bond acceptors (Lipinski definition) is 4. The third kappa shape index (κ3) is 5.88. The molecule has 1 amide bonds. The van der Waals surface area contributed by atoms with Crippen molar-refractivity contribution in [3.05, 3.63) is 89.5 Å². The van der Waals surface area contributed by atoms with Crippen LogP contribution in [-0.2, 0) is 27.3 Å². The molecule has 5 rings (SSSR count). The predicted octanol–water partition coefficient (Wildman–Crippen LogP) is 6.91. The molecule has 1 aliphatic carbocycles. The number of methoxy groups -OCH3 is 1. The fourth-order valence-corrected chi connectivity index (χ4v) is 5.18. The van der Waals surface area contributed by atoms with Crippen molar-refractivity contribution < 1.29 is 14.3 Å². The topological polar surface area (TPSA) is 59.0 Å². The standard InChI is InChI=1S/C32H32N2O3/c1-37-31(35)17-12-23-6-5-9-29(20-23)34(32(36)26-7-3-2-4-8-26)22-24-10-13-25(14-11-24)27-15-16-30-28(21-27)18-19-33-30/h5-6,9-17,19-21,26H,2-4,7-8,18,22H2,1H3/b17-12+. The number of anilines is 1. The van der Waals surface area contributed by atoms with Crippen molar-refractivity contribution in [3.8, 4) is 11.1 Å². The van der Waals surface area contributed by atoms with Gasteiger partial charge in [-0.3, -0.25) is 9.79 Å². The lowest BCUT2D eigenvalue weighted by Gasteiger charge is -2.30. The fourth-order valence-electron chi connectivity index (χ4n) is 5.18. The molecule has 3 aromatic carbocycles. The first-order valence-corrected chi connectivity index (χ1v) is 13.0. The Hall–Kier alpha value is -3.99. The van der Waals surface area contributed by atoms with Crippen molar-refractivity contribution >= 4 is 35.5 Å². The number of carbonyl (C=O) groups excluding carboxylic acids is 2. The lowest BCUT2D eigenvalue weighted by Crippen LogP contribution is -2.36. The van der Waals surface area contributed by atoms with E-state index in [1.54, 1.807) is 6.08 Å². The van der Waals surface area contributed by atoms with Crippen LogP contribution in [0.2, 0.25) is 0 Å². The van der Waals surface area contributed by atoms with Crippen LogP contribution >= 0.6 is 0 Å². The maximum Gasteiger partial charge on any atom is 0.330 e. The average molecular weight is 493 g/mol. The van der Waals surface area contributed by atoms with Gasteiger partial charge in [0.15, 0.2) is 0 Å². The highest BCUT2D eigenvalue weighted by Gasteiger charge is 2.27. The Morgan fingerprint density at radius 3 is 2.54 bits per heavy atom. The maximum atomic E-state index is 13.7. The maximum absolute atomic E-state index is 13.7. The summed E-state index contributed by atoms with van der Waals surface area (Å²) in [6, 6.07) is 22.7. The number of benzene rings is 3. The lowest BCUT2D eigenvalue weighted by atomic mass is 9.88. The summed E-state index contributed by atoms with van der Waals surface area (Å²) < 4.78 is 4.71. The van der Waals surface area contributed by atoms with Gasteiger partial charge in [0.2, 0.25) is 5.91 Å². The van der Waals surface area contributed by atoms with E-state index in [4.69, 9.17) is 4.74 Å². The quantitative estimate of drug-likeness (QED) is 0.266. The van der Waals surface area contributed by atoms with E-state index < -0.39 is 5.97 Å². The van der Waals surface area contributed by atoms with Crippen LogP contribution < -0.4 is 4.90 Å². The normalized spacial score (nSPS) is 15.1. The highest BCUT2D eigenvalue weighted by atomic mass is 16.5. The summed E-state index contributed by atoms with van der Waals surface area (Å²) in [5.41, 5.74) is 7.40. The minimum atomic E-state index is -0.406. The van der Waals surface area contributed by atoms with Gasteiger partial charge in [-0.25, -0.2) is 4.79 Å². The lowest BCUT2D eigenvalue weighted by molar-refractivity contribution is -0.134. The Labute approximate surface area is 218 Å². The molecule has 0 radical (unpaired) electrons. The van der Waals surface area contributed by atoms with Crippen molar-refractivity contribution in [2.45, 2.75) is 45.1 Å². The summed E-state index contributed by atoms with van der Waals surface area (Å²) in [6.07, 6.45) is 11.2. The first kappa shape index (κ1) is 24.7. The minimum absolute atomic E-state index is 0.0518. The average Bonchev–Trinajstić information content (AvgIpc) is 3.43. The zero-order valence-electron chi connectivity index (χ0n) is 21.2. The second-order valence-electron chi connectivity index (χ2n) is 9.77. The summed E-state index contributed by atoms with van der Waals surface area (Å²) >= 11 is 0. The number of amides is 1. The Morgan fingerprint density at radius 1 is 0.973 bits per heavy atom. The number of nitrogens with zero attached hydrogens (tertiary/aromatic N) is 2. The summed E-state index contributed by atoms with van der Waals surface area (Å²) in [6.45, 7) is 0.498. The third-order valence-electron chi connectivity index (χ3n) is 7.26. The van der Waals surface area contributed by atoms with E-state index in [0.717, 1.165) is 60.2 Å². The Balaban J connectivity index is 1.40. The largest absolute Gasteiger partial charge is 0.466 e. The molecule has 37 heavy (non-hydrogen) atoms. The van der Waals surface area contributed by atoms with Crippen LogP contribution in [-0.4, -0.2) is 25.2 Å². The molecular weight excluding hydrogens is 460 g/mol. The molecular formula is C32H32N2O3. The van der Waals surface area contributed by atoms with Crippen LogP contribution in [0.25, 0.3) is 17.2 Å². The number of fused-ring (bicyclic) bond motifs is 1. The molecule has 0 atom stereocenters. The van der Waals surface area contributed by atoms with Gasteiger partial charge >= 0.3 is 5.97 Å². The smallest absolute Gasteiger partial charge is 0.330 e. The van der Waals surface area contributed by atoms with E-state index in [-0.39, 0.29) is 11.8 Å². The summed E-state index contributed by atoms with van der Waals surface area (Å²) in [4.78, 5) is 31.6. The Morgan fingerprint density at radius 2 is 1.76 bits per heavy atom. The summed E-state index contributed by atoms with van der Waals surface area (Å²) in [5.74, 6) is -0.177. The van der Waals surface area contributed by atoms with E-state index in [1.165, 1.54) is 30.7 Å². The first-order valence-electron chi connectivity index (χ1n) is 13.0. The fraction of sp³-hybridized carbons (Fsp3) is 0.281. The molecule has 0 bridgehead atoms. The van der Waals surface area contributed by atoms with E-state index in [1.807, 2.05) is 35.4 Å². The monoisotopic (exact) mass is 492 g/mol. The van der Waals surface area contributed by atoms with Gasteiger partial charge in [0.05, 0.1) is 19.3 Å². The molecule has 2 aliphatic rings. The number of aliphatic imine (C=N–C) groups is 1. The number of ether oxygens (including phenoxy) is 1. The second-order valence-corrected chi connectivity index (χ2v) is 9.77. The molecule has 5 nitrogen and oxygen atoms in total. The zero-order chi connectivity index (χ0) is 25.6. The van der Waals surface area contributed by atoms with Gasteiger partial charge in [-0.2, -0.15) is 0 Å². The van der Waals surface area contributed by atoms with E-state index in [2.05, 4.69) is 47.5 Å². The summed E-state index contributed by atoms with van der Waals surface area (Å²) in [7, 11) is 1.36. The van der Waals surface area contributed by atoms with Gasteiger partial charge in [0.1, 0.15) is 0 Å². The van der Waals surface area contributed by atoms with Crippen LogP contribution in [0.4, 0.5) is 11.4 Å². The molecule has 1 aliphatic heterocycles. The molecule has 5 heteroatoms. The minimum Gasteiger partial charge on any atom is -0.466 e. The SMILES string of the molecule is COC(=O)/C=C/c1cccc(N(Cc2ccc(-c3ccc4c(c3)CC=N4)cc2)C(=O)C2CCCCC2)c1. The van der Waals surface area contributed by atoms with Crippen molar-refractivity contribution in [3.63, 3.8) is 0 Å². The molecule has 0 saturated heterocycles. The van der Waals surface area contributed by atoms with Crippen molar-refractivity contribution in [1.29, 1.82) is 0 Å². The van der Waals surface area contributed by atoms with Gasteiger partial charge in [0, 0.05) is 30.3 Å². The van der Waals surface area contributed by atoms with Crippen LogP contribution in [0, 0.1) is 5.92 Å². The Bertz CT molecular complexity index is 1330. The number of rotatable bonds is 7. The highest BCUT2D eigenvalue weighted by molar-refractivity contribution is 5.95. The Kier molecular flexibility index (Phi) is 7.59. The third-order valence-corrected chi connectivity index (χ3v) is 7.26. The molecule has 188 valence electrons. The molecule has 0 unspecified atom stereocenters. The van der Waals surface area contributed by atoms with E-state index in [0.29, 0.717) is 6.54 Å². The van der Waals surface area contributed by atoms with Crippen molar-refractivity contribution in [2.75, 3.05) is 12.0 Å². The first-order chi connectivity index (χ1) is 18.1. The van der Waals surface area contributed by atoms with Crippen LogP contribution in [0.5, 0.6) is 0 Å². The molecule has 1 heterocycles. The van der Waals surface area contributed by atoms with Crippen LogP contribution in [0.1, 0.15) is 48.8 Å². The van der Waals surface area contributed by atoms with Gasteiger partial charge in [-0.1, -0.05) is 61.7 Å².